The third-order valence-electron chi connectivity index (χ3n) is 6.40. The Bertz CT molecular complexity index is 803. The van der Waals surface area contributed by atoms with Crippen molar-refractivity contribution in [3.05, 3.63) is 64.7 Å². The molecule has 1 amide bonds. The summed E-state index contributed by atoms with van der Waals surface area (Å²) in [5.74, 6) is 1.20. The summed E-state index contributed by atoms with van der Waals surface area (Å²) in [4.78, 5) is 17.3. The number of nitrogens with zero attached hydrogens (tertiary/aromatic N) is 2. The van der Waals surface area contributed by atoms with E-state index in [4.69, 9.17) is 4.74 Å². The van der Waals surface area contributed by atoms with Crippen LogP contribution in [0, 0.1) is 13.8 Å². The van der Waals surface area contributed by atoms with Crippen molar-refractivity contribution in [1.29, 1.82) is 0 Å². The van der Waals surface area contributed by atoms with E-state index in [1.807, 2.05) is 13.0 Å². The fraction of sp³-hybridized carbons (Fsp3) is 0.500. The van der Waals surface area contributed by atoms with E-state index in [0.29, 0.717) is 12.5 Å². The predicted molar refractivity (Wildman–Crippen MR) is 123 cm³/mol. The molecule has 0 unspecified atom stereocenters. The van der Waals surface area contributed by atoms with Crippen LogP contribution in [0.4, 0.5) is 0 Å². The van der Waals surface area contributed by atoms with Crippen LogP contribution in [0.5, 0.6) is 5.75 Å². The van der Waals surface area contributed by atoms with Crippen molar-refractivity contribution in [1.82, 2.24) is 9.80 Å². The van der Waals surface area contributed by atoms with Gasteiger partial charge in [-0.15, -0.1) is 0 Å². The van der Waals surface area contributed by atoms with Gasteiger partial charge in [-0.2, -0.15) is 0 Å². The average Bonchev–Trinajstić information content (AvgIpc) is 2.77. The normalized spacial score (nSPS) is 15.2. The molecule has 4 nitrogen and oxygen atoms in total. The first-order valence-electron chi connectivity index (χ1n) is 11.2. The van der Waals surface area contributed by atoms with Crippen LogP contribution in [0.25, 0.3) is 0 Å². The number of ether oxygens (including phenoxy) is 1. The molecule has 2 aromatic carbocycles. The Hall–Kier alpha value is -2.33. The molecule has 0 aliphatic carbocycles. The van der Waals surface area contributed by atoms with Gasteiger partial charge in [0.2, 0.25) is 5.91 Å². The zero-order valence-electron chi connectivity index (χ0n) is 19.0. The number of benzene rings is 2. The number of amides is 1. The summed E-state index contributed by atoms with van der Waals surface area (Å²) in [7, 11) is 1.72. The highest BCUT2D eigenvalue weighted by atomic mass is 16.5. The summed E-state index contributed by atoms with van der Waals surface area (Å²) in [5, 5.41) is 0. The van der Waals surface area contributed by atoms with Crippen LogP contribution in [0.3, 0.4) is 0 Å². The SMILES string of the molecule is CCC(=O)N(Cc1ccccc1)C1CCN(CCc2c(C)cc(OC)cc2C)CC1. The molecule has 0 radical (unpaired) electrons. The molecule has 1 heterocycles. The van der Waals surface area contributed by atoms with E-state index in [9.17, 15) is 4.79 Å². The van der Waals surface area contributed by atoms with E-state index in [1.54, 1.807) is 7.11 Å². The van der Waals surface area contributed by atoms with Crippen LogP contribution in [-0.4, -0.2) is 48.5 Å². The van der Waals surface area contributed by atoms with Crippen molar-refractivity contribution < 1.29 is 9.53 Å². The van der Waals surface area contributed by atoms with Crippen molar-refractivity contribution in [2.75, 3.05) is 26.7 Å². The van der Waals surface area contributed by atoms with Crippen LogP contribution in [-0.2, 0) is 17.8 Å². The number of hydrogen-bond donors (Lipinski definition) is 0. The Labute approximate surface area is 181 Å². The summed E-state index contributed by atoms with van der Waals surface area (Å²) < 4.78 is 5.39. The van der Waals surface area contributed by atoms with Crippen LogP contribution in [0.1, 0.15) is 48.4 Å². The molecule has 3 rings (SSSR count). The van der Waals surface area contributed by atoms with Gasteiger partial charge < -0.3 is 14.5 Å². The first-order chi connectivity index (χ1) is 14.5. The Balaban J connectivity index is 1.56. The van der Waals surface area contributed by atoms with E-state index in [-0.39, 0.29) is 5.91 Å². The molecule has 1 aliphatic rings. The lowest BCUT2D eigenvalue weighted by atomic mass is 9.97. The first kappa shape index (κ1) is 22.4. The molecule has 0 atom stereocenters. The second kappa shape index (κ2) is 10.6. The van der Waals surface area contributed by atoms with E-state index in [0.717, 1.165) is 51.2 Å². The standard InChI is InChI=1S/C26H36N2O2/c1-5-26(29)28(19-22-9-7-6-8-10-22)23-11-14-27(15-12-23)16-13-25-20(2)17-24(30-4)18-21(25)3/h6-10,17-18,23H,5,11-16,19H2,1-4H3. The number of carbonyl (C=O) groups is 1. The highest BCUT2D eigenvalue weighted by Gasteiger charge is 2.27. The minimum absolute atomic E-state index is 0.266. The molecule has 2 aromatic rings. The van der Waals surface area contributed by atoms with Gasteiger partial charge in [0.1, 0.15) is 5.75 Å². The molecule has 1 fully saturated rings. The molecule has 0 aromatic heterocycles. The summed E-state index contributed by atoms with van der Waals surface area (Å²) in [5.41, 5.74) is 5.27. The molecule has 0 N–H and O–H groups in total. The van der Waals surface area contributed by atoms with Gasteiger partial charge in [-0.3, -0.25) is 4.79 Å². The van der Waals surface area contributed by atoms with E-state index in [1.165, 1.54) is 22.3 Å². The van der Waals surface area contributed by atoms with Crippen LogP contribution < -0.4 is 4.74 Å². The third-order valence-corrected chi connectivity index (χ3v) is 6.40. The maximum Gasteiger partial charge on any atom is 0.222 e. The third kappa shape index (κ3) is 5.63. The van der Waals surface area contributed by atoms with Gasteiger partial charge >= 0.3 is 0 Å². The monoisotopic (exact) mass is 408 g/mol. The Morgan fingerprint density at radius 2 is 1.73 bits per heavy atom. The lowest BCUT2D eigenvalue weighted by Gasteiger charge is -2.39. The fourth-order valence-electron chi connectivity index (χ4n) is 4.59. The predicted octanol–water partition coefficient (Wildman–Crippen LogP) is 4.76. The maximum atomic E-state index is 12.6. The van der Waals surface area contributed by atoms with E-state index >= 15 is 0 Å². The van der Waals surface area contributed by atoms with Crippen molar-refractivity contribution in [3.63, 3.8) is 0 Å². The molecule has 0 saturated carbocycles. The molecule has 0 spiro atoms. The lowest BCUT2D eigenvalue weighted by molar-refractivity contribution is -0.135. The van der Waals surface area contributed by atoms with Gasteiger partial charge in [-0.1, -0.05) is 37.3 Å². The zero-order chi connectivity index (χ0) is 21.5. The number of hydrogen-bond acceptors (Lipinski definition) is 3. The first-order valence-corrected chi connectivity index (χ1v) is 11.2. The second-order valence-corrected chi connectivity index (χ2v) is 8.42. The highest BCUT2D eigenvalue weighted by molar-refractivity contribution is 5.76. The number of carbonyl (C=O) groups excluding carboxylic acids is 1. The van der Waals surface area contributed by atoms with Crippen molar-refractivity contribution in [2.24, 2.45) is 0 Å². The quantitative estimate of drug-likeness (QED) is 0.631. The molecule has 1 aliphatic heterocycles. The van der Waals surface area contributed by atoms with Gasteiger partial charge in [0.15, 0.2) is 0 Å². The topological polar surface area (TPSA) is 32.8 Å². The van der Waals surface area contributed by atoms with E-state index in [2.05, 4.69) is 60.0 Å². The fourth-order valence-corrected chi connectivity index (χ4v) is 4.59. The Morgan fingerprint density at radius 3 is 2.30 bits per heavy atom. The highest BCUT2D eigenvalue weighted by Crippen LogP contribution is 2.24. The minimum atomic E-state index is 0.266. The Kier molecular flexibility index (Phi) is 7.92. The second-order valence-electron chi connectivity index (χ2n) is 8.42. The molecular weight excluding hydrogens is 372 g/mol. The Morgan fingerprint density at radius 1 is 1.10 bits per heavy atom. The van der Waals surface area contributed by atoms with Crippen LogP contribution >= 0.6 is 0 Å². The van der Waals surface area contributed by atoms with Crippen LogP contribution in [0.15, 0.2) is 42.5 Å². The van der Waals surface area contributed by atoms with Gasteiger partial charge in [-0.25, -0.2) is 0 Å². The summed E-state index contributed by atoms with van der Waals surface area (Å²) in [6, 6.07) is 15.0. The number of likely N-dealkylation sites (tertiary alicyclic amines) is 1. The maximum absolute atomic E-state index is 12.6. The molecule has 0 bridgehead atoms. The zero-order valence-corrected chi connectivity index (χ0v) is 19.0. The average molecular weight is 409 g/mol. The van der Waals surface area contributed by atoms with Gasteiger partial charge in [0, 0.05) is 38.6 Å². The van der Waals surface area contributed by atoms with Gasteiger partial charge in [0.25, 0.3) is 0 Å². The summed E-state index contributed by atoms with van der Waals surface area (Å²) in [6.45, 7) is 10.2. The number of piperidine rings is 1. The largest absolute Gasteiger partial charge is 0.497 e. The number of rotatable bonds is 8. The minimum Gasteiger partial charge on any atom is -0.497 e. The molecule has 4 heteroatoms. The summed E-state index contributed by atoms with van der Waals surface area (Å²) >= 11 is 0. The number of methoxy groups -OCH3 is 1. The van der Waals surface area contributed by atoms with E-state index < -0.39 is 0 Å². The van der Waals surface area contributed by atoms with Crippen LogP contribution in [0.2, 0.25) is 0 Å². The lowest BCUT2D eigenvalue weighted by Crippen LogP contribution is -2.47. The molecule has 1 saturated heterocycles. The van der Waals surface area contributed by atoms with Crippen molar-refractivity contribution in [2.45, 2.75) is 59.0 Å². The van der Waals surface area contributed by atoms with Gasteiger partial charge in [-0.05, 0) is 67.5 Å². The van der Waals surface area contributed by atoms with Gasteiger partial charge in [0.05, 0.1) is 7.11 Å². The number of aryl methyl sites for hydroxylation is 2. The molecule has 162 valence electrons. The summed E-state index contributed by atoms with van der Waals surface area (Å²) in [6.07, 6.45) is 3.75. The molecular formula is C26H36N2O2. The van der Waals surface area contributed by atoms with Crippen molar-refractivity contribution in [3.8, 4) is 5.75 Å². The molecule has 30 heavy (non-hydrogen) atoms. The smallest absolute Gasteiger partial charge is 0.222 e. The van der Waals surface area contributed by atoms with Crippen molar-refractivity contribution >= 4 is 5.91 Å².